The second-order valence-electron chi connectivity index (χ2n) is 5.12. The van der Waals surface area contributed by atoms with Gasteiger partial charge in [0, 0.05) is 10.4 Å². The van der Waals surface area contributed by atoms with Gasteiger partial charge in [0.2, 0.25) is 0 Å². The zero-order valence-corrected chi connectivity index (χ0v) is 15.6. The van der Waals surface area contributed by atoms with E-state index < -0.39 is 10.0 Å². The maximum absolute atomic E-state index is 12.7. The number of para-hydroxylation sites is 2. The molecular weight excluding hydrogens is 394 g/mol. The molecule has 132 valence electrons. The predicted molar refractivity (Wildman–Crippen MR) is 99.9 cm³/mol. The van der Waals surface area contributed by atoms with Crippen LogP contribution in [0.15, 0.2) is 58.3 Å². The quantitative estimate of drug-likeness (QED) is 0.667. The summed E-state index contributed by atoms with van der Waals surface area (Å²) >= 11 is 7.33. The minimum atomic E-state index is -4.02. The second-order valence-corrected chi connectivity index (χ2v) is 7.93. The molecule has 0 spiro atoms. The fourth-order valence-electron chi connectivity index (χ4n) is 2.15. The van der Waals surface area contributed by atoms with Gasteiger partial charge in [0.1, 0.15) is 23.3 Å². The van der Waals surface area contributed by atoms with Gasteiger partial charge >= 0.3 is 0 Å². The summed E-state index contributed by atoms with van der Waals surface area (Å²) in [6, 6.07) is 12.5. The number of aromatic nitrogens is 1. The number of sulfonamides is 1. The molecule has 0 fully saturated rings. The van der Waals surface area contributed by atoms with E-state index >= 15 is 0 Å². The van der Waals surface area contributed by atoms with Gasteiger partial charge in [0.25, 0.3) is 10.0 Å². The Morgan fingerprint density at radius 2 is 2.08 bits per heavy atom. The third-order valence-corrected chi connectivity index (χ3v) is 5.62. The first-order valence-electron chi connectivity index (χ1n) is 7.31. The van der Waals surface area contributed by atoms with E-state index in [4.69, 9.17) is 21.6 Å². The molecule has 0 bridgehead atoms. The fraction of sp³-hybridized carbons (Fsp3) is 0.0588. The lowest BCUT2D eigenvalue weighted by Crippen LogP contribution is -2.15. The van der Waals surface area contributed by atoms with Crippen molar-refractivity contribution in [3.8, 4) is 11.8 Å². The number of hydrogen-bond donors (Lipinski definition) is 1. The van der Waals surface area contributed by atoms with Crippen LogP contribution in [0.1, 0.15) is 11.3 Å². The molecular formula is C17H12ClN3O3S2. The van der Waals surface area contributed by atoms with Crippen LogP contribution in [0.5, 0.6) is 5.75 Å². The molecule has 1 aromatic heterocycles. The lowest BCUT2D eigenvalue weighted by molar-refractivity contribution is 0.304. The summed E-state index contributed by atoms with van der Waals surface area (Å²) in [6.07, 6.45) is 0. The smallest absolute Gasteiger partial charge is 0.263 e. The van der Waals surface area contributed by atoms with E-state index in [0.29, 0.717) is 5.75 Å². The molecule has 3 rings (SSSR count). The van der Waals surface area contributed by atoms with Crippen molar-refractivity contribution in [2.75, 3.05) is 4.72 Å². The SMILES string of the molecule is N#Cc1ccc(Cl)cc1S(=O)(=O)Nc1ccccc1OCc1cscn1. The van der Waals surface area contributed by atoms with Gasteiger partial charge in [-0.05, 0) is 30.3 Å². The molecule has 0 aliphatic carbocycles. The number of thiazole rings is 1. The average molecular weight is 406 g/mol. The van der Waals surface area contributed by atoms with Crippen LogP contribution in [0.2, 0.25) is 5.02 Å². The van der Waals surface area contributed by atoms with Gasteiger partial charge in [-0.25, -0.2) is 13.4 Å². The highest BCUT2D eigenvalue weighted by molar-refractivity contribution is 7.92. The lowest BCUT2D eigenvalue weighted by Gasteiger charge is -2.14. The molecule has 0 amide bonds. The Hall–Kier alpha value is -2.60. The minimum absolute atomic E-state index is 0.00257. The topological polar surface area (TPSA) is 92.1 Å². The number of halogens is 1. The van der Waals surface area contributed by atoms with Gasteiger partial charge in [0.15, 0.2) is 0 Å². The van der Waals surface area contributed by atoms with Gasteiger partial charge < -0.3 is 4.74 Å². The van der Waals surface area contributed by atoms with Crippen LogP contribution in [0.3, 0.4) is 0 Å². The molecule has 3 aromatic rings. The molecule has 26 heavy (non-hydrogen) atoms. The van der Waals surface area contributed by atoms with Gasteiger partial charge in [-0.15, -0.1) is 11.3 Å². The molecule has 1 heterocycles. The van der Waals surface area contributed by atoms with Crippen molar-refractivity contribution in [1.82, 2.24) is 4.98 Å². The number of nitrogens with one attached hydrogen (secondary N) is 1. The highest BCUT2D eigenvalue weighted by Gasteiger charge is 2.21. The Labute approximate surface area is 159 Å². The van der Waals surface area contributed by atoms with E-state index in [1.165, 1.54) is 29.5 Å². The molecule has 0 saturated carbocycles. The average Bonchev–Trinajstić information content (AvgIpc) is 3.14. The minimum Gasteiger partial charge on any atom is -0.485 e. The number of rotatable bonds is 6. The number of nitriles is 1. The van der Waals surface area contributed by atoms with Crippen molar-refractivity contribution in [2.24, 2.45) is 0 Å². The summed E-state index contributed by atoms with van der Waals surface area (Å²) in [4.78, 5) is 3.93. The summed E-state index contributed by atoms with van der Waals surface area (Å²) in [5, 5.41) is 11.2. The highest BCUT2D eigenvalue weighted by Crippen LogP contribution is 2.29. The first kappa shape index (κ1) is 18.2. The summed E-state index contributed by atoms with van der Waals surface area (Å²) in [6.45, 7) is 0.211. The Morgan fingerprint density at radius 3 is 2.81 bits per heavy atom. The predicted octanol–water partition coefficient (Wildman–Crippen LogP) is 4.05. The summed E-state index contributed by atoms with van der Waals surface area (Å²) in [5.74, 6) is 0.351. The summed E-state index contributed by atoms with van der Waals surface area (Å²) < 4.78 is 33.6. The molecule has 2 aromatic carbocycles. The van der Waals surface area contributed by atoms with Crippen molar-refractivity contribution >= 4 is 38.6 Å². The number of anilines is 1. The van der Waals surface area contributed by atoms with E-state index in [2.05, 4.69) is 9.71 Å². The number of nitrogens with zero attached hydrogens (tertiary/aromatic N) is 2. The van der Waals surface area contributed by atoms with Crippen molar-refractivity contribution in [1.29, 1.82) is 5.26 Å². The molecule has 0 radical (unpaired) electrons. The standard InChI is InChI=1S/C17H12ClN3O3S2/c18-13-6-5-12(8-19)17(7-13)26(22,23)21-15-3-1-2-4-16(15)24-9-14-10-25-11-20-14/h1-7,10-11,21H,9H2. The van der Waals surface area contributed by atoms with Gasteiger partial charge in [-0.2, -0.15) is 5.26 Å². The monoisotopic (exact) mass is 405 g/mol. The molecule has 9 heteroatoms. The van der Waals surface area contributed by atoms with E-state index in [0.717, 1.165) is 5.69 Å². The van der Waals surface area contributed by atoms with Crippen LogP contribution in [-0.4, -0.2) is 13.4 Å². The van der Waals surface area contributed by atoms with Crippen molar-refractivity contribution < 1.29 is 13.2 Å². The van der Waals surface area contributed by atoms with E-state index in [1.807, 2.05) is 11.4 Å². The van der Waals surface area contributed by atoms with Crippen LogP contribution in [-0.2, 0) is 16.6 Å². The Bertz CT molecular complexity index is 1060. The Balaban J connectivity index is 1.89. The zero-order chi connectivity index (χ0) is 18.6. The highest BCUT2D eigenvalue weighted by atomic mass is 35.5. The molecule has 0 saturated heterocycles. The zero-order valence-electron chi connectivity index (χ0n) is 13.2. The van der Waals surface area contributed by atoms with Crippen molar-refractivity contribution in [2.45, 2.75) is 11.5 Å². The normalized spacial score (nSPS) is 10.9. The van der Waals surface area contributed by atoms with Crippen LogP contribution in [0.4, 0.5) is 5.69 Å². The van der Waals surface area contributed by atoms with Gasteiger partial charge in [0.05, 0.1) is 22.5 Å². The van der Waals surface area contributed by atoms with Crippen molar-refractivity contribution in [3.05, 3.63) is 69.6 Å². The largest absolute Gasteiger partial charge is 0.485 e. The Morgan fingerprint density at radius 1 is 1.27 bits per heavy atom. The molecule has 6 nitrogen and oxygen atoms in total. The third-order valence-electron chi connectivity index (χ3n) is 3.34. The van der Waals surface area contributed by atoms with Crippen molar-refractivity contribution in [3.63, 3.8) is 0 Å². The number of ether oxygens (including phenoxy) is 1. The van der Waals surface area contributed by atoms with E-state index in [-0.39, 0.29) is 27.8 Å². The summed E-state index contributed by atoms with van der Waals surface area (Å²) in [5.41, 5.74) is 2.69. The maximum Gasteiger partial charge on any atom is 0.263 e. The van der Waals surface area contributed by atoms with Gasteiger partial charge in [-0.3, -0.25) is 4.72 Å². The molecule has 1 N–H and O–H groups in total. The van der Waals surface area contributed by atoms with Crippen LogP contribution >= 0.6 is 22.9 Å². The second kappa shape index (κ2) is 7.74. The first-order valence-corrected chi connectivity index (χ1v) is 10.1. The summed E-state index contributed by atoms with van der Waals surface area (Å²) in [7, 11) is -4.02. The Kier molecular flexibility index (Phi) is 5.42. The van der Waals surface area contributed by atoms with Gasteiger partial charge in [-0.1, -0.05) is 23.7 Å². The van der Waals surface area contributed by atoms with E-state index in [1.54, 1.807) is 29.8 Å². The van der Waals surface area contributed by atoms with Crippen LogP contribution in [0, 0.1) is 11.3 Å². The number of hydrogen-bond acceptors (Lipinski definition) is 6. The first-order chi connectivity index (χ1) is 12.5. The molecule has 0 unspecified atom stereocenters. The molecule has 0 aliphatic rings. The fourth-order valence-corrected chi connectivity index (χ4v) is 4.18. The van der Waals surface area contributed by atoms with Crippen LogP contribution in [0.25, 0.3) is 0 Å². The lowest BCUT2D eigenvalue weighted by atomic mass is 10.2. The molecule has 0 aliphatic heterocycles. The van der Waals surface area contributed by atoms with Crippen LogP contribution < -0.4 is 9.46 Å². The van der Waals surface area contributed by atoms with E-state index in [9.17, 15) is 8.42 Å². The third kappa shape index (κ3) is 4.14. The number of benzene rings is 2. The maximum atomic E-state index is 12.7. The molecule has 0 atom stereocenters.